The molecule has 0 spiro atoms. The zero-order valence-electron chi connectivity index (χ0n) is 13.8. The van der Waals surface area contributed by atoms with E-state index in [9.17, 15) is 0 Å². The predicted octanol–water partition coefficient (Wildman–Crippen LogP) is 1.78. The van der Waals surface area contributed by atoms with Gasteiger partial charge in [0.2, 0.25) is 0 Å². The summed E-state index contributed by atoms with van der Waals surface area (Å²) in [6.07, 6.45) is 0. The third-order valence-electron chi connectivity index (χ3n) is 3.02. The predicted molar refractivity (Wildman–Crippen MR) is 109 cm³/mol. The molecule has 2 aromatic carbocycles. The van der Waals surface area contributed by atoms with Gasteiger partial charge in [0, 0.05) is 18.2 Å². The fraction of sp³-hybridized carbons (Fsp3) is 0.0588. The molecule has 0 aliphatic heterocycles. The standard InChI is InChI=1S/C17H18N6S2.Cu/c1-19-17(25)23-21-15(13-10-6-3-7-11-13)14(20-22-16(18)24)12-8-4-2-5-9-12;/h2-11H,1H3,(H3,18,22,24)(H2,19,23,25);/q;+2/p-2/b20-14+,21-15+;. The summed E-state index contributed by atoms with van der Waals surface area (Å²) in [7, 11) is 1.68. The van der Waals surface area contributed by atoms with Crippen molar-refractivity contribution in [1.29, 1.82) is 0 Å². The van der Waals surface area contributed by atoms with E-state index < -0.39 is 0 Å². The van der Waals surface area contributed by atoms with E-state index in [1.165, 1.54) is 0 Å². The first-order chi connectivity index (χ1) is 12.1. The Morgan fingerprint density at radius 2 is 1.19 bits per heavy atom. The number of nitrogens with two attached hydrogens (primary N) is 1. The quantitative estimate of drug-likeness (QED) is 0.248. The van der Waals surface area contributed by atoms with Crippen molar-refractivity contribution in [2.75, 3.05) is 7.05 Å². The average molecular weight is 432 g/mol. The van der Waals surface area contributed by atoms with Crippen molar-refractivity contribution in [3.63, 3.8) is 0 Å². The summed E-state index contributed by atoms with van der Waals surface area (Å²) in [6, 6.07) is 19.0. The van der Waals surface area contributed by atoms with Crippen molar-refractivity contribution < 1.29 is 17.1 Å². The SMILES string of the molecule is CN/C([S-])=N/N=C(/C(=N/N=C(/N)[S-])c1ccccc1)c1ccccc1.[Cu+2]. The van der Waals surface area contributed by atoms with E-state index in [0.29, 0.717) is 11.4 Å². The Hall–Kier alpha value is -2.32. The number of benzene rings is 2. The van der Waals surface area contributed by atoms with Crippen LogP contribution in [-0.4, -0.2) is 28.8 Å². The molecule has 0 amide bonds. The molecule has 0 aliphatic carbocycles. The van der Waals surface area contributed by atoms with Crippen LogP contribution in [0.25, 0.3) is 0 Å². The van der Waals surface area contributed by atoms with E-state index in [1.807, 2.05) is 60.7 Å². The Bertz CT molecular complexity index is 816. The van der Waals surface area contributed by atoms with Gasteiger partial charge < -0.3 is 36.3 Å². The molecule has 0 atom stereocenters. The molecule has 6 nitrogen and oxygen atoms in total. The smallest absolute Gasteiger partial charge is 0.741 e. The Morgan fingerprint density at radius 1 is 0.769 bits per heavy atom. The molecule has 0 saturated carbocycles. The molecular formula is C17H16CuN6S2. The Morgan fingerprint density at radius 3 is 1.58 bits per heavy atom. The van der Waals surface area contributed by atoms with Gasteiger partial charge in [-0.25, -0.2) is 0 Å². The maximum absolute atomic E-state index is 5.46. The topological polar surface area (TPSA) is 87.5 Å². The fourth-order valence-electron chi connectivity index (χ4n) is 1.92. The van der Waals surface area contributed by atoms with Crippen LogP contribution in [0.5, 0.6) is 0 Å². The van der Waals surface area contributed by atoms with Crippen molar-refractivity contribution in [1.82, 2.24) is 5.32 Å². The van der Waals surface area contributed by atoms with Crippen LogP contribution < -0.4 is 11.1 Å². The average Bonchev–Trinajstić information content (AvgIpc) is 2.65. The number of nitrogens with one attached hydrogen (secondary N) is 1. The van der Waals surface area contributed by atoms with Gasteiger partial charge in [0.25, 0.3) is 0 Å². The molecule has 3 N–H and O–H groups in total. The van der Waals surface area contributed by atoms with Crippen molar-refractivity contribution in [3.8, 4) is 0 Å². The molecular weight excluding hydrogens is 416 g/mol. The number of rotatable bonds is 5. The second-order valence-electron chi connectivity index (χ2n) is 4.72. The molecule has 137 valence electrons. The second-order valence-corrected chi connectivity index (χ2v) is 5.53. The van der Waals surface area contributed by atoms with Gasteiger partial charge in [-0.2, -0.15) is 10.2 Å². The molecule has 0 heterocycles. The molecule has 0 unspecified atom stereocenters. The van der Waals surface area contributed by atoms with Crippen molar-refractivity contribution in [2.24, 2.45) is 26.1 Å². The van der Waals surface area contributed by atoms with Crippen molar-refractivity contribution >= 4 is 47.0 Å². The summed E-state index contributed by atoms with van der Waals surface area (Å²) in [6.45, 7) is 0. The van der Waals surface area contributed by atoms with Gasteiger partial charge in [-0.05, 0) is 10.3 Å². The van der Waals surface area contributed by atoms with E-state index in [0.717, 1.165) is 11.1 Å². The van der Waals surface area contributed by atoms with Gasteiger partial charge in [-0.3, -0.25) is 0 Å². The molecule has 0 fully saturated rings. The summed E-state index contributed by atoms with van der Waals surface area (Å²) in [5.41, 5.74) is 8.07. The molecule has 0 aromatic heterocycles. The summed E-state index contributed by atoms with van der Waals surface area (Å²) in [4.78, 5) is 0. The van der Waals surface area contributed by atoms with E-state index in [1.54, 1.807) is 7.05 Å². The van der Waals surface area contributed by atoms with Crippen LogP contribution in [0.4, 0.5) is 0 Å². The summed E-state index contributed by atoms with van der Waals surface area (Å²) >= 11 is 9.85. The van der Waals surface area contributed by atoms with E-state index in [2.05, 4.69) is 25.7 Å². The third-order valence-corrected chi connectivity index (χ3v) is 3.39. The zero-order valence-corrected chi connectivity index (χ0v) is 16.3. The van der Waals surface area contributed by atoms with E-state index in [-0.39, 0.29) is 27.4 Å². The monoisotopic (exact) mass is 431 g/mol. The minimum Gasteiger partial charge on any atom is -0.741 e. The van der Waals surface area contributed by atoms with Crippen LogP contribution in [0, 0.1) is 0 Å². The second kappa shape index (κ2) is 11.3. The largest absolute Gasteiger partial charge is 2.00 e. The van der Waals surface area contributed by atoms with Crippen LogP contribution >= 0.6 is 0 Å². The molecule has 2 rings (SSSR count). The maximum atomic E-state index is 5.46. The molecule has 0 bridgehead atoms. The molecule has 26 heavy (non-hydrogen) atoms. The van der Waals surface area contributed by atoms with Crippen LogP contribution in [0.1, 0.15) is 11.1 Å². The fourth-order valence-corrected chi connectivity index (χ4v) is 2.00. The molecule has 2 aromatic rings. The minimum atomic E-state index is -0.0662. The van der Waals surface area contributed by atoms with E-state index >= 15 is 0 Å². The molecule has 0 saturated heterocycles. The van der Waals surface area contributed by atoms with E-state index in [4.69, 9.17) is 31.0 Å². The van der Waals surface area contributed by atoms with Crippen molar-refractivity contribution in [3.05, 3.63) is 71.8 Å². The molecule has 1 radical (unpaired) electrons. The summed E-state index contributed by atoms with van der Waals surface area (Å²) < 4.78 is 0. The van der Waals surface area contributed by atoms with Crippen LogP contribution in [0.2, 0.25) is 0 Å². The van der Waals surface area contributed by atoms with Crippen LogP contribution in [0.15, 0.2) is 81.1 Å². The maximum Gasteiger partial charge on any atom is 2.00 e. The molecule has 0 aliphatic rings. The van der Waals surface area contributed by atoms with Gasteiger partial charge in [0.1, 0.15) is 11.4 Å². The van der Waals surface area contributed by atoms with Crippen LogP contribution in [-0.2, 0) is 42.3 Å². The van der Waals surface area contributed by atoms with Gasteiger partial charge in [0.05, 0.1) is 0 Å². The van der Waals surface area contributed by atoms with Gasteiger partial charge >= 0.3 is 17.1 Å². The Balaban J connectivity index is 0.00000338. The number of hydrogen-bond acceptors (Lipinski definition) is 6. The number of nitrogens with zero attached hydrogens (tertiary/aromatic N) is 4. The number of hydrogen-bond donors (Lipinski definition) is 2. The van der Waals surface area contributed by atoms with Gasteiger partial charge in [-0.1, -0.05) is 60.7 Å². The Kier molecular flexibility index (Phi) is 9.46. The zero-order chi connectivity index (χ0) is 18.1. The third kappa shape index (κ3) is 6.53. The first kappa shape index (κ1) is 21.7. The van der Waals surface area contributed by atoms with Crippen LogP contribution in [0.3, 0.4) is 0 Å². The summed E-state index contributed by atoms with van der Waals surface area (Å²) in [5.74, 6) is 0. The minimum absolute atomic E-state index is 0. The van der Waals surface area contributed by atoms with Gasteiger partial charge in [0.15, 0.2) is 0 Å². The number of amidine groups is 2. The first-order valence-electron chi connectivity index (χ1n) is 7.31. The van der Waals surface area contributed by atoms with Crippen molar-refractivity contribution in [2.45, 2.75) is 0 Å². The Labute approximate surface area is 174 Å². The summed E-state index contributed by atoms with van der Waals surface area (Å²) in [5, 5.41) is 19.3. The molecule has 9 heteroatoms. The first-order valence-corrected chi connectivity index (χ1v) is 8.13. The normalized spacial score (nSPS) is 13.1. The van der Waals surface area contributed by atoms with Gasteiger partial charge in [-0.15, -0.1) is 10.2 Å².